The van der Waals surface area contributed by atoms with E-state index in [1.165, 1.54) is 12.0 Å². The predicted molar refractivity (Wildman–Crippen MR) is 103 cm³/mol. The number of H-pyrrole nitrogens is 1. The minimum Gasteiger partial charge on any atom is -0.361 e. The summed E-state index contributed by atoms with van der Waals surface area (Å²) in [6.45, 7) is 7.51. The number of nitrogens with zero attached hydrogens (tertiary/aromatic N) is 5. The second-order valence-electron chi connectivity index (χ2n) is 8.08. The average Bonchev–Trinajstić information content (AvgIpc) is 3.17. The quantitative estimate of drug-likeness (QED) is 0.750. The monoisotopic (exact) mass is 380 g/mol. The van der Waals surface area contributed by atoms with Crippen LogP contribution in [0.15, 0.2) is 22.7 Å². The van der Waals surface area contributed by atoms with E-state index in [-0.39, 0.29) is 11.9 Å². The number of nitrogens with one attached hydrogen (secondary N) is 1. The summed E-state index contributed by atoms with van der Waals surface area (Å²) in [5.41, 5.74) is 4.33. The fraction of sp³-hybridized carbons (Fsp3) is 0.500. The summed E-state index contributed by atoms with van der Waals surface area (Å²) in [5, 5.41) is 14.9. The van der Waals surface area contributed by atoms with Gasteiger partial charge in [-0.2, -0.15) is 15.4 Å². The first-order valence-corrected chi connectivity index (χ1v) is 9.84. The highest BCUT2D eigenvalue weighted by Crippen LogP contribution is 2.31. The molecule has 0 saturated carbocycles. The van der Waals surface area contributed by atoms with Crippen LogP contribution in [0.4, 0.5) is 0 Å². The Bertz CT molecular complexity index is 1010. The number of hydrogen-bond acceptors (Lipinski definition) is 6. The van der Waals surface area contributed by atoms with Gasteiger partial charge >= 0.3 is 0 Å². The minimum absolute atomic E-state index is 0.0961. The summed E-state index contributed by atoms with van der Waals surface area (Å²) in [6, 6.07) is 5.78. The molecule has 8 heteroatoms. The van der Waals surface area contributed by atoms with Gasteiger partial charge in [-0.25, -0.2) is 0 Å². The van der Waals surface area contributed by atoms with E-state index >= 15 is 0 Å². The Labute approximate surface area is 162 Å². The standard InChI is InChI=1S/C20H24N6O2/c1-12-17(13(2)28-23-12)11-25-8-14-3-5-16(10-25)26(9-14)20(27)15-4-6-18-19(7-15)22-24-21-18/h4,6-7,14,16H,3,5,8-11H2,1-2H3,(H,21,22,24)/t14-,16+/m0/s1. The fourth-order valence-electron chi connectivity index (χ4n) is 4.65. The van der Waals surface area contributed by atoms with Crippen molar-refractivity contribution in [3.8, 4) is 0 Å². The number of hydrogen-bond donors (Lipinski definition) is 1. The molecule has 0 spiro atoms. The van der Waals surface area contributed by atoms with Crippen LogP contribution in [0.25, 0.3) is 11.0 Å². The predicted octanol–water partition coefficient (Wildman–Crippen LogP) is 2.30. The van der Waals surface area contributed by atoms with E-state index in [1.54, 1.807) is 0 Å². The van der Waals surface area contributed by atoms with E-state index in [0.717, 1.165) is 55.1 Å². The number of aryl methyl sites for hydroxylation is 2. The fourth-order valence-corrected chi connectivity index (χ4v) is 4.65. The number of amides is 1. The van der Waals surface area contributed by atoms with Crippen LogP contribution in [0.2, 0.25) is 0 Å². The lowest BCUT2D eigenvalue weighted by Gasteiger charge is -2.36. The lowest BCUT2D eigenvalue weighted by atomic mass is 9.94. The van der Waals surface area contributed by atoms with Gasteiger partial charge in [-0.15, -0.1) is 0 Å². The van der Waals surface area contributed by atoms with Crippen LogP contribution < -0.4 is 0 Å². The largest absolute Gasteiger partial charge is 0.361 e. The van der Waals surface area contributed by atoms with Crippen LogP contribution in [0, 0.1) is 19.8 Å². The Balaban J connectivity index is 1.36. The average molecular weight is 380 g/mol. The van der Waals surface area contributed by atoms with E-state index in [1.807, 2.05) is 32.0 Å². The second kappa shape index (κ2) is 6.70. The third kappa shape index (κ3) is 2.97. The molecule has 146 valence electrons. The zero-order valence-electron chi connectivity index (χ0n) is 16.2. The Kier molecular flexibility index (Phi) is 4.16. The van der Waals surface area contributed by atoms with Crippen molar-refractivity contribution in [1.82, 2.24) is 30.4 Å². The van der Waals surface area contributed by atoms with E-state index in [4.69, 9.17) is 4.52 Å². The first-order valence-electron chi connectivity index (χ1n) is 9.84. The molecule has 5 heterocycles. The van der Waals surface area contributed by atoms with Crippen LogP contribution in [0.1, 0.15) is 40.2 Å². The van der Waals surface area contributed by atoms with Crippen molar-refractivity contribution >= 4 is 16.9 Å². The van der Waals surface area contributed by atoms with Crippen molar-refractivity contribution in [3.63, 3.8) is 0 Å². The molecule has 0 radical (unpaired) electrons. The molecule has 6 rings (SSSR count). The van der Waals surface area contributed by atoms with Crippen LogP contribution >= 0.6 is 0 Å². The Morgan fingerprint density at radius 2 is 2.04 bits per heavy atom. The van der Waals surface area contributed by atoms with Crippen LogP contribution in [-0.4, -0.2) is 62.0 Å². The van der Waals surface area contributed by atoms with Crippen molar-refractivity contribution in [3.05, 3.63) is 40.8 Å². The maximum absolute atomic E-state index is 13.3. The van der Waals surface area contributed by atoms with Crippen molar-refractivity contribution < 1.29 is 9.32 Å². The molecule has 0 unspecified atom stereocenters. The van der Waals surface area contributed by atoms with Crippen LogP contribution in [-0.2, 0) is 6.54 Å². The zero-order chi connectivity index (χ0) is 19.3. The van der Waals surface area contributed by atoms with E-state index in [0.29, 0.717) is 11.5 Å². The highest BCUT2D eigenvalue weighted by atomic mass is 16.5. The summed E-state index contributed by atoms with van der Waals surface area (Å²) in [4.78, 5) is 17.8. The first kappa shape index (κ1) is 17.4. The number of fused-ring (bicyclic) bond motifs is 5. The van der Waals surface area contributed by atoms with Gasteiger partial charge < -0.3 is 9.42 Å². The molecular formula is C20H24N6O2. The maximum Gasteiger partial charge on any atom is 0.254 e. The summed E-state index contributed by atoms with van der Waals surface area (Å²) in [6.07, 6.45) is 2.23. The molecule has 1 aromatic carbocycles. The molecule has 2 aromatic heterocycles. The van der Waals surface area contributed by atoms with Gasteiger partial charge in [-0.05, 0) is 50.8 Å². The molecule has 3 saturated heterocycles. The summed E-state index contributed by atoms with van der Waals surface area (Å²) >= 11 is 0. The van der Waals surface area contributed by atoms with E-state index < -0.39 is 0 Å². The topological polar surface area (TPSA) is 91.2 Å². The maximum atomic E-state index is 13.3. The second-order valence-corrected chi connectivity index (χ2v) is 8.08. The van der Waals surface area contributed by atoms with E-state index in [2.05, 4.69) is 30.4 Å². The summed E-state index contributed by atoms with van der Waals surface area (Å²) < 4.78 is 5.33. The smallest absolute Gasteiger partial charge is 0.254 e. The van der Waals surface area contributed by atoms with Gasteiger partial charge in [0.15, 0.2) is 0 Å². The Morgan fingerprint density at radius 3 is 2.86 bits per heavy atom. The molecule has 0 aliphatic carbocycles. The van der Waals surface area contributed by atoms with Gasteiger partial charge in [0.1, 0.15) is 16.8 Å². The Morgan fingerprint density at radius 1 is 1.18 bits per heavy atom. The van der Waals surface area contributed by atoms with Crippen molar-refractivity contribution in [2.45, 2.75) is 39.3 Å². The third-order valence-corrected chi connectivity index (χ3v) is 6.18. The van der Waals surface area contributed by atoms with Crippen LogP contribution in [0.3, 0.4) is 0 Å². The summed E-state index contributed by atoms with van der Waals surface area (Å²) in [7, 11) is 0. The molecule has 2 atom stereocenters. The molecule has 8 nitrogen and oxygen atoms in total. The van der Waals surface area contributed by atoms with Gasteiger partial charge in [-0.1, -0.05) is 5.16 Å². The normalized spacial score (nSPS) is 22.7. The van der Waals surface area contributed by atoms with Gasteiger partial charge in [-0.3, -0.25) is 9.69 Å². The molecule has 1 amide bonds. The Hall–Kier alpha value is -2.74. The number of aromatic nitrogens is 4. The molecule has 3 aliphatic rings. The molecule has 2 bridgehead atoms. The molecule has 1 N–H and O–H groups in total. The van der Waals surface area contributed by atoms with Gasteiger partial charge in [0.25, 0.3) is 5.91 Å². The van der Waals surface area contributed by atoms with Crippen molar-refractivity contribution in [2.24, 2.45) is 5.92 Å². The number of carbonyl (C=O) groups is 1. The van der Waals surface area contributed by atoms with Crippen molar-refractivity contribution in [1.29, 1.82) is 0 Å². The number of piperidine rings is 1. The van der Waals surface area contributed by atoms with Gasteiger partial charge in [0.05, 0.1) is 5.69 Å². The highest BCUT2D eigenvalue weighted by Gasteiger charge is 2.37. The zero-order valence-corrected chi connectivity index (χ0v) is 16.2. The highest BCUT2D eigenvalue weighted by molar-refractivity contribution is 5.97. The molecule has 28 heavy (non-hydrogen) atoms. The van der Waals surface area contributed by atoms with Crippen LogP contribution in [0.5, 0.6) is 0 Å². The number of carbonyl (C=O) groups excluding carboxylic acids is 1. The molecule has 3 fully saturated rings. The summed E-state index contributed by atoms with van der Waals surface area (Å²) in [5.74, 6) is 1.49. The number of rotatable bonds is 3. The van der Waals surface area contributed by atoms with Gasteiger partial charge in [0, 0.05) is 43.3 Å². The van der Waals surface area contributed by atoms with E-state index in [9.17, 15) is 4.79 Å². The minimum atomic E-state index is 0.0961. The molecular weight excluding hydrogens is 356 g/mol. The number of benzene rings is 1. The van der Waals surface area contributed by atoms with Gasteiger partial charge in [0.2, 0.25) is 0 Å². The molecule has 3 aliphatic heterocycles. The number of aromatic amines is 1. The SMILES string of the molecule is Cc1noc(C)c1CN1C[C@@H]2CC[C@H](C1)N(C(=O)c1ccc3n[nH]nc3c1)C2. The van der Waals surface area contributed by atoms with Crippen molar-refractivity contribution in [2.75, 3.05) is 19.6 Å². The lowest BCUT2D eigenvalue weighted by molar-refractivity contribution is 0.0585. The lowest BCUT2D eigenvalue weighted by Crippen LogP contribution is -2.47. The molecule has 3 aromatic rings. The first-order chi connectivity index (χ1) is 13.6. The third-order valence-electron chi connectivity index (χ3n) is 6.18.